The molecule has 6 heteroatoms. The van der Waals surface area contributed by atoms with Gasteiger partial charge in [-0.1, -0.05) is 19.1 Å². The molecular weight excluding hydrogens is 358 g/mol. The van der Waals surface area contributed by atoms with E-state index < -0.39 is 17.7 Å². The number of aliphatic hydroxyl groups excluding tert-OH is 1. The SMILES string of the molecule is CCCN1C(=O)C(=O)/C(=C(\O)c2ccc(OC)c(C)c2)C1c1cccc(O)c1. The van der Waals surface area contributed by atoms with Crippen LogP contribution in [0.15, 0.2) is 48.0 Å². The minimum absolute atomic E-state index is 0.0219. The number of hydrogen-bond acceptors (Lipinski definition) is 5. The van der Waals surface area contributed by atoms with Crippen molar-refractivity contribution in [2.24, 2.45) is 0 Å². The molecule has 0 spiro atoms. The highest BCUT2D eigenvalue weighted by Gasteiger charge is 2.45. The maximum Gasteiger partial charge on any atom is 0.295 e. The van der Waals surface area contributed by atoms with Crippen molar-refractivity contribution in [3.63, 3.8) is 0 Å². The Morgan fingerprint density at radius 2 is 1.93 bits per heavy atom. The smallest absolute Gasteiger partial charge is 0.295 e. The molecule has 1 fully saturated rings. The third-order valence-corrected chi connectivity index (χ3v) is 4.86. The van der Waals surface area contributed by atoms with Crippen LogP contribution >= 0.6 is 0 Å². The van der Waals surface area contributed by atoms with Crippen molar-refractivity contribution >= 4 is 17.4 Å². The quantitative estimate of drug-likeness (QED) is 0.470. The topological polar surface area (TPSA) is 87.1 Å². The molecule has 146 valence electrons. The number of amides is 1. The van der Waals surface area contributed by atoms with Crippen molar-refractivity contribution < 1.29 is 24.5 Å². The summed E-state index contributed by atoms with van der Waals surface area (Å²) < 4.78 is 5.24. The van der Waals surface area contributed by atoms with Crippen molar-refractivity contribution in [3.05, 3.63) is 64.7 Å². The van der Waals surface area contributed by atoms with Gasteiger partial charge in [-0.2, -0.15) is 0 Å². The summed E-state index contributed by atoms with van der Waals surface area (Å²) in [4.78, 5) is 26.9. The van der Waals surface area contributed by atoms with Crippen LogP contribution in [-0.4, -0.2) is 40.5 Å². The van der Waals surface area contributed by atoms with Crippen molar-refractivity contribution in [1.29, 1.82) is 0 Å². The molecule has 1 amide bonds. The zero-order valence-electron chi connectivity index (χ0n) is 16.1. The number of carbonyl (C=O) groups is 2. The summed E-state index contributed by atoms with van der Waals surface area (Å²) >= 11 is 0. The van der Waals surface area contributed by atoms with Gasteiger partial charge in [0.1, 0.15) is 17.3 Å². The first kappa shape index (κ1) is 19.5. The van der Waals surface area contributed by atoms with Gasteiger partial charge in [-0.05, 0) is 54.8 Å². The third kappa shape index (κ3) is 3.33. The molecule has 0 radical (unpaired) electrons. The van der Waals surface area contributed by atoms with Crippen LogP contribution < -0.4 is 4.74 Å². The van der Waals surface area contributed by atoms with E-state index in [0.717, 1.165) is 5.56 Å². The van der Waals surface area contributed by atoms with Gasteiger partial charge >= 0.3 is 0 Å². The number of ether oxygens (including phenoxy) is 1. The fourth-order valence-corrected chi connectivity index (χ4v) is 3.57. The van der Waals surface area contributed by atoms with E-state index in [2.05, 4.69) is 0 Å². The Morgan fingerprint density at radius 1 is 1.18 bits per heavy atom. The minimum Gasteiger partial charge on any atom is -0.508 e. The van der Waals surface area contributed by atoms with Crippen LogP contribution in [0, 0.1) is 6.92 Å². The van der Waals surface area contributed by atoms with Gasteiger partial charge in [0.15, 0.2) is 0 Å². The molecule has 1 heterocycles. The van der Waals surface area contributed by atoms with Gasteiger partial charge in [-0.3, -0.25) is 9.59 Å². The normalized spacial score (nSPS) is 18.5. The lowest BCUT2D eigenvalue weighted by atomic mass is 9.94. The monoisotopic (exact) mass is 381 g/mol. The zero-order valence-corrected chi connectivity index (χ0v) is 16.1. The molecule has 2 aromatic rings. The second-order valence-electron chi connectivity index (χ2n) is 6.77. The van der Waals surface area contributed by atoms with E-state index >= 15 is 0 Å². The number of aryl methyl sites for hydroxylation is 1. The number of phenols is 1. The van der Waals surface area contributed by atoms with E-state index in [-0.39, 0.29) is 17.1 Å². The van der Waals surface area contributed by atoms with Crippen LogP contribution in [0.1, 0.15) is 36.1 Å². The molecule has 0 bridgehead atoms. The number of phenolic OH excluding ortho intramolecular Hbond substituents is 1. The number of carbonyl (C=O) groups excluding carboxylic acids is 2. The van der Waals surface area contributed by atoms with Gasteiger partial charge in [-0.25, -0.2) is 0 Å². The van der Waals surface area contributed by atoms with Crippen molar-refractivity contribution in [1.82, 2.24) is 4.90 Å². The molecule has 0 saturated carbocycles. The summed E-state index contributed by atoms with van der Waals surface area (Å²) in [6.07, 6.45) is 0.657. The number of ketones is 1. The van der Waals surface area contributed by atoms with Crippen LogP contribution in [0.4, 0.5) is 0 Å². The van der Waals surface area contributed by atoms with Gasteiger partial charge in [0.2, 0.25) is 0 Å². The predicted molar refractivity (Wildman–Crippen MR) is 105 cm³/mol. The lowest BCUT2D eigenvalue weighted by Gasteiger charge is -2.25. The summed E-state index contributed by atoms with van der Waals surface area (Å²) in [5.41, 5.74) is 1.81. The van der Waals surface area contributed by atoms with Crippen molar-refractivity contribution in [3.8, 4) is 11.5 Å². The molecule has 1 saturated heterocycles. The van der Waals surface area contributed by atoms with Gasteiger partial charge < -0.3 is 19.8 Å². The number of nitrogens with zero attached hydrogens (tertiary/aromatic N) is 1. The molecule has 1 unspecified atom stereocenters. The number of Topliss-reactive ketones (excluding diaryl/α,β-unsaturated/α-hetero) is 1. The largest absolute Gasteiger partial charge is 0.508 e. The van der Waals surface area contributed by atoms with Crippen LogP contribution in [0.3, 0.4) is 0 Å². The summed E-state index contributed by atoms with van der Waals surface area (Å²) in [6, 6.07) is 10.7. The minimum atomic E-state index is -0.755. The van der Waals surface area contributed by atoms with Crippen molar-refractivity contribution in [2.45, 2.75) is 26.3 Å². The van der Waals surface area contributed by atoms with Crippen LogP contribution in [0.5, 0.6) is 11.5 Å². The van der Waals surface area contributed by atoms with E-state index in [0.29, 0.717) is 29.8 Å². The lowest BCUT2D eigenvalue weighted by molar-refractivity contribution is -0.139. The Morgan fingerprint density at radius 3 is 2.54 bits per heavy atom. The van der Waals surface area contributed by atoms with Crippen molar-refractivity contribution in [2.75, 3.05) is 13.7 Å². The van der Waals surface area contributed by atoms with Crippen LogP contribution in [-0.2, 0) is 9.59 Å². The molecule has 1 aliphatic rings. The summed E-state index contributed by atoms with van der Waals surface area (Å²) in [7, 11) is 1.56. The van der Waals surface area contributed by atoms with E-state index in [1.165, 1.54) is 17.0 Å². The first-order valence-electron chi connectivity index (χ1n) is 9.11. The molecule has 0 aliphatic carbocycles. The van der Waals surface area contributed by atoms with Crippen LogP contribution in [0.2, 0.25) is 0 Å². The Hall–Kier alpha value is -3.28. The molecule has 28 heavy (non-hydrogen) atoms. The average molecular weight is 381 g/mol. The van der Waals surface area contributed by atoms with E-state index in [1.807, 2.05) is 13.8 Å². The number of hydrogen-bond donors (Lipinski definition) is 2. The maximum absolute atomic E-state index is 12.8. The highest BCUT2D eigenvalue weighted by Crippen LogP contribution is 2.40. The molecule has 3 rings (SSSR count). The number of aliphatic hydroxyl groups is 1. The molecule has 0 aromatic heterocycles. The Kier molecular flexibility index (Phi) is 5.40. The second kappa shape index (κ2) is 7.76. The molecule has 6 nitrogen and oxygen atoms in total. The highest BCUT2D eigenvalue weighted by atomic mass is 16.5. The first-order valence-corrected chi connectivity index (χ1v) is 9.11. The van der Waals surface area contributed by atoms with E-state index in [1.54, 1.807) is 37.4 Å². The van der Waals surface area contributed by atoms with Crippen LogP contribution in [0.25, 0.3) is 5.76 Å². The number of likely N-dealkylation sites (tertiary alicyclic amines) is 1. The molecule has 2 N–H and O–H groups in total. The molecular formula is C22H23NO5. The summed E-state index contributed by atoms with van der Waals surface area (Å²) in [5.74, 6) is -0.932. The van der Waals surface area contributed by atoms with Gasteiger partial charge in [0.25, 0.3) is 11.7 Å². The van der Waals surface area contributed by atoms with Gasteiger partial charge in [0.05, 0.1) is 18.7 Å². The van der Waals surface area contributed by atoms with E-state index in [9.17, 15) is 19.8 Å². The zero-order chi connectivity index (χ0) is 20.4. The molecule has 2 aromatic carbocycles. The number of rotatable bonds is 5. The Balaban J connectivity index is 2.19. The Labute approximate surface area is 163 Å². The maximum atomic E-state index is 12.8. The van der Waals surface area contributed by atoms with Gasteiger partial charge in [-0.15, -0.1) is 0 Å². The fraction of sp³-hybridized carbons (Fsp3) is 0.273. The molecule has 1 atom stereocenters. The number of aromatic hydroxyl groups is 1. The molecule has 1 aliphatic heterocycles. The standard InChI is InChI=1S/C22H23NO5/c1-4-10-23-19(14-6-5-7-16(24)12-14)18(21(26)22(23)27)20(25)15-8-9-17(28-3)13(2)11-15/h5-9,11-12,19,24-25H,4,10H2,1-3H3/b20-18-. The number of benzene rings is 2. The first-order chi connectivity index (χ1) is 13.4. The fourth-order valence-electron chi connectivity index (χ4n) is 3.57. The summed E-state index contributed by atoms with van der Waals surface area (Å²) in [6.45, 7) is 4.10. The highest BCUT2D eigenvalue weighted by molar-refractivity contribution is 6.46. The third-order valence-electron chi connectivity index (χ3n) is 4.86. The lowest BCUT2D eigenvalue weighted by Crippen LogP contribution is -2.30. The summed E-state index contributed by atoms with van der Waals surface area (Å²) in [5, 5.41) is 20.8. The number of methoxy groups -OCH3 is 1. The average Bonchev–Trinajstić information content (AvgIpc) is 2.92. The Bertz CT molecular complexity index is 963. The van der Waals surface area contributed by atoms with Gasteiger partial charge in [0, 0.05) is 12.1 Å². The van der Waals surface area contributed by atoms with E-state index in [4.69, 9.17) is 4.74 Å². The second-order valence-corrected chi connectivity index (χ2v) is 6.77. The predicted octanol–water partition coefficient (Wildman–Crippen LogP) is 3.54.